The van der Waals surface area contributed by atoms with Gasteiger partial charge in [0.2, 0.25) is 0 Å². The van der Waals surface area contributed by atoms with Crippen molar-refractivity contribution >= 4 is 5.97 Å². The van der Waals surface area contributed by atoms with Crippen LogP contribution in [-0.4, -0.2) is 77.6 Å². The molecule has 0 atom stereocenters. The fraction of sp³-hybridized carbons (Fsp3) is 0.472. The van der Waals surface area contributed by atoms with Crippen LogP contribution in [-0.2, 0) is 16.0 Å². The van der Waals surface area contributed by atoms with Crippen molar-refractivity contribution in [1.82, 2.24) is 10.2 Å². The second kappa shape index (κ2) is 20.3. The molecule has 0 unspecified atom stereocenters. The minimum atomic E-state index is -0.253. The molecule has 0 saturated carbocycles. The molecule has 5 rings (SSSR count). The summed E-state index contributed by atoms with van der Waals surface area (Å²) in [4.78, 5) is 13.1. The number of hydrogen-bond acceptors (Lipinski definition) is 8. The van der Waals surface area contributed by atoms with E-state index in [1.807, 2.05) is 49.4 Å². The number of fused-ring (bicyclic) bond motifs is 1. The standard InChI is InChI=1S/C20H25NO3.C11H14O3.C5H11N/c1-16-3-6-18(7-4-16)22-12-2-10-21-11-9-17-5-8-19-20(15-17)24-14-13-23-19;1-9-3-5-10(6-4-9)14-8-7-11(12)13-2;1-6-4-2-3-5-6/h3-8,15,21H,2,9-14H2,1H3;3-6H,7-8H2,1-2H3;2-5H2,1H3. The van der Waals surface area contributed by atoms with Crippen LogP contribution < -0.4 is 24.3 Å². The minimum Gasteiger partial charge on any atom is -0.494 e. The monoisotopic (exact) mass is 606 g/mol. The second-order valence-corrected chi connectivity index (χ2v) is 11.0. The van der Waals surface area contributed by atoms with E-state index in [1.54, 1.807) is 0 Å². The molecule has 3 aromatic rings. The lowest BCUT2D eigenvalue weighted by molar-refractivity contribution is -0.141. The SMILES string of the molecule is CN1CCCC1.COC(=O)CCOc1ccc(C)cc1.Cc1ccc(OCCCNCCc2ccc3c(c2)OCCO3)cc1. The Morgan fingerprint density at radius 2 is 1.39 bits per heavy atom. The average Bonchev–Trinajstić information content (AvgIpc) is 3.53. The van der Waals surface area contributed by atoms with Crippen molar-refractivity contribution in [2.24, 2.45) is 0 Å². The van der Waals surface area contributed by atoms with E-state index in [1.165, 1.54) is 49.7 Å². The Kier molecular flexibility index (Phi) is 16.0. The predicted octanol–water partition coefficient (Wildman–Crippen LogP) is 6.02. The van der Waals surface area contributed by atoms with Gasteiger partial charge in [-0.3, -0.25) is 4.79 Å². The molecule has 2 aliphatic heterocycles. The Bertz CT molecular complexity index is 1210. The number of benzene rings is 3. The number of likely N-dealkylation sites (tertiary alicyclic amines) is 1. The van der Waals surface area contributed by atoms with Gasteiger partial charge in [0, 0.05) is 0 Å². The summed E-state index contributed by atoms with van der Waals surface area (Å²) in [5.41, 5.74) is 3.70. The first-order chi connectivity index (χ1) is 21.4. The van der Waals surface area contributed by atoms with Gasteiger partial charge in [-0.1, -0.05) is 41.5 Å². The lowest BCUT2D eigenvalue weighted by atomic mass is 10.1. The number of nitrogens with one attached hydrogen (secondary N) is 1. The van der Waals surface area contributed by atoms with Crippen LogP contribution in [0.25, 0.3) is 0 Å². The number of rotatable bonds is 12. The molecule has 0 spiro atoms. The van der Waals surface area contributed by atoms with Crippen LogP contribution in [0.4, 0.5) is 0 Å². The summed E-state index contributed by atoms with van der Waals surface area (Å²) in [6, 6.07) is 22.1. The number of aryl methyl sites for hydroxylation is 2. The van der Waals surface area contributed by atoms with E-state index in [-0.39, 0.29) is 12.4 Å². The summed E-state index contributed by atoms with van der Waals surface area (Å²) in [5.74, 6) is 3.19. The first kappa shape index (κ1) is 34.7. The maximum Gasteiger partial charge on any atom is 0.308 e. The number of nitrogens with zero attached hydrogens (tertiary/aromatic N) is 1. The molecule has 44 heavy (non-hydrogen) atoms. The second-order valence-electron chi connectivity index (χ2n) is 11.0. The molecule has 0 bridgehead atoms. The maximum atomic E-state index is 10.8. The quantitative estimate of drug-likeness (QED) is 0.198. The molecule has 0 aliphatic carbocycles. The third-order valence-electron chi connectivity index (χ3n) is 7.14. The average molecular weight is 607 g/mol. The van der Waals surface area contributed by atoms with E-state index < -0.39 is 0 Å². The molecule has 2 heterocycles. The minimum absolute atomic E-state index is 0.253. The summed E-state index contributed by atoms with van der Waals surface area (Å²) in [6.45, 7) is 11.0. The smallest absolute Gasteiger partial charge is 0.308 e. The number of carbonyl (C=O) groups excluding carboxylic acids is 1. The van der Waals surface area contributed by atoms with Crippen LogP contribution in [0, 0.1) is 13.8 Å². The van der Waals surface area contributed by atoms with Gasteiger partial charge in [-0.15, -0.1) is 0 Å². The molecule has 8 heteroatoms. The maximum absolute atomic E-state index is 10.8. The highest BCUT2D eigenvalue weighted by Crippen LogP contribution is 2.30. The zero-order chi connectivity index (χ0) is 31.4. The molecule has 0 radical (unpaired) electrons. The lowest BCUT2D eigenvalue weighted by Gasteiger charge is -2.18. The van der Waals surface area contributed by atoms with E-state index in [2.05, 4.69) is 53.2 Å². The molecule has 240 valence electrons. The van der Waals surface area contributed by atoms with Crippen molar-refractivity contribution in [3.63, 3.8) is 0 Å². The number of methoxy groups -OCH3 is 1. The van der Waals surface area contributed by atoms with Gasteiger partial charge in [-0.25, -0.2) is 0 Å². The van der Waals surface area contributed by atoms with Gasteiger partial charge in [-0.2, -0.15) is 0 Å². The van der Waals surface area contributed by atoms with Crippen LogP contribution in [0.2, 0.25) is 0 Å². The number of hydrogen-bond donors (Lipinski definition) is 1. The van der Waals surface area contributed by atoms with Crippen molar-refractivity contribution in [3.05, 3.63) is 83.4 Å². The van der Waals surface area contributed by atoms with Crippen LogP contribution in [0.1, 0.15) is 42.4 Å². The Hall–Kier alpha value is -3.75. The van der Waals surface area contributed by atoms with Crippen molar-refractivity contribution in [2.45, 2.75) is 46.0 Å². The molecular weight excluding hydrogens is 556 g/mol. The lowest BCUT2D eigenvalue weighted by Crippen LogP contribution is -2.20. The van der Waals surface area contributed by atoms with Crippen molar-refractivity contribution in [1.29, 1.82) is 0 Å². The first-order valence-electron chi connectivity index (χ1n) is 15.7. The van der Waals surface area contributed by atoms with E-state index in [0.29, 0.717) is 19.8 Å². The summed E-state index contributed by atoms with van der Waals surface area (Å²) in [7, 11) is 3.54. The summed E-state index contributed by atoms with van der Waals surface area (Å²) < 4.78 is 26.7. The Balaban J connectivity index is 0.000000221. The highest BCUT2D eigenvalue weighted by molar-refractivity contribution is 5.69. The number of esters is 1. The molecule has 1 fully saturated rings. The Morgan fingerprint density at radius 1 is 0.795 bits per heavy atom. The van der Waals surface area contributed by atoms with Crippen molar-refractivity contribution in [3.8, 4) is 23.0 Å². The van der Waals surface area contributed by atoms with E-state index in [4.69, 9.17) is 18.9 Å². The third-order valence-corrected chi connectivity index (χ3v) is 7.14. The van der Waals surface area contributed by atoms with Gasteiger partial charge < -0.3 is 33.9 Å². The van der Waals surface area contributed by atoms with Crippen LogP contribution >= 0.6 is 0 Å². The van der Waals surface area contributed by atoms with Gasteiger partial charge in [0.1, 0.15) is 24.7 Å². The van der Waals surface area contributed by atoms with E-state index in [0.717, 1.165) is 55.5 Å². The molecule has 8 nitrogen and oxygen atoms in total. The molecular formula is C36H50N2O6. The topological polar surface area (TPSA) is 78.5 Å². The van der Waals surface area contributed by atoms with Crippen LogP contribution in [0.15, 0.2) is 66.7 Å². The normalized spacial score (nSPS) is 13.5. The third kappa shape index (κ3) is 14.1. The Morgan fingerprint density at radius 3 is 1.95 bits per heavy atom. The summed E-state index contributed by atoms with van der Waals surface area (Å²) in [6.07, 6.45) is 5.09. The molecule has 3 aromatic carbocycles. The van der Waals surface area contributed by atoms with Gasteiger partial charge >= 0.3 is 5.97 Å². The van der Waals surface area contributed by atoms with Crippen molar-refractivity contribution < 1.29 is 28.5 Å². The molecule has 0 aromatic heterocycles. The van der Waals surface area contributed by atoms with E-state index in [9.17, 15) is 4.79 Å². The molecule has 1 saturated heterocycles. The van der Waals surface area contributed by atoms with Crippen LogP contribution in [0.3, 0.4) is 0 Å². The van der Waals surface area contributed by atoms with Gasteiger partial charge in [0.25, 0.3) is 0 Å². The highest BCUT2D eigenvalue weighted by Gasteiger charge is 2.11. The number of ether oxygens (including phenoxy) is 5. The first-order valence-corrected chi connectivity index (χ1v) is 15.7. The highest BCUT2D eigenvalue weighted by atomic mass is 16.6. The van der Waals surface area contributed by atoms with Gasteiger partial charge in [0.15, 0.2) is 11.5 Å². The zero-order valence-corrected chi connectivity index (χ0v) is 26.9. The Labute approximate surface area is 263 Å². The fourth-order valence-electron chi connectivity index (χ4n) is 4.49. The summed E-state index contributed by atoms with van der Waals surface area (Å²) in [5, 5.41) is 3.46. The summed E-state index contributed by atoms with van der Waals surface area (Å²) >= 11 is 0. The van der Waals surface area contributed by atoms with Crippen molar-refractivity contribution in [2.75, 3.05) is 66.8 Å². The van der Waals surface area contributed by atoms with Gasteiger partial charge in [-0.05, 0) is 115 Å². The predicted molar refractivity (Wildman–Crippen MR) is 175 cm³/mol. The fourth-order valence-corrected chi connectivity index (χ4v) is 4.49. The van der Waals surface area contributed by atoms with Gasteiger partial charge in [0.05, 0.1) is 26.7 Å². The molecule has 2 aliphatic rings. The largest absolute Gasteiger partial charge is 0.494 e. The number of carbonyl (C=O) groups is 1. The zero-order valence-electron chi connectivity index (χ0n) is 26.9. The van der Waals surface area contributed by atoms with Crippen LogP contribution in [0.5, 0.6) is 23.0 Å². The van der Waals surface area contributed by atoms with E-state index >= 15 is 0 Å². The molecule has 1 N–H and O–H groups in total. The molecule has 0 amide bonds.